The number of benzene rings is 1. The molecule has 0 heterocycles. The average molecular weight is 387 g/mol. The van der Waals surface area contributed by atoms with Gasteiger partial charge in [0.1, 0.15) is 5.57 Å². The highest BCUT2D eigenvalue weighted by Gasteiger charge is 2.21. The first-order valence-electron chi connectivity index (χ1n) is 7.15. The first kappa shape index (κ1) is 19.0. The highest BCUT2D eigenvalue weighted by Crippen LogP contribution is 2.36. The van der Waals surface area contributed by atoms with Gasteiger partial charge in [-0.05, 0) is 60.5 Å². The molecular weight excluding hydrogens is 368 g/mol. The van der Waals surface area contributed by atoms with Gasteiger partial charge in [-0.2, -0.15) is 0 Å². The van der Waals surface area contributed by atoms with Gasteiger partial charge in [-0.15, -0.1) is 0 Å². The average Bonchev–Trinajstić information content (AvgIpc) is 2.50. The molecule has 0 amide bonds. The van der Waals surface area contributed by atoms with Crippen LogP contribution in [-0.4, -0.2) is 36.9 Å². The van der Waals surface area contributed by atoms with Gasteiger partial charge in [0.2, 0.25) is 0 Å². The number of carbonyl (C=O) groups is 2. The van der Waals surface area contributed by atoms with Crippen LogP contribution in [-0.2, 0) is 19.1 Å². The summed E-state index contributed by atoms with van der Waals surface area (Å²) in [6.45, 7) is 5.70. The molecule has 0 aliphatic rings. The topological polar surface area (TPSA) is 82.1 Å². The van der Waals surface area contributed by atoms with Gasteiger partial charge in [0.25, 0.3) is 0 Å². The highest BCUT2D eigenvalue weighted by atomic mass is 79.9. The lowest BCUT2D eigenvalue weighted by Gasteiger charge is -2.10. The normalized spacial score (nSPS) is 9.91. The van der Waals surface area contributed by atoms with E-state index in [2.05, 4.69) is 15.9 Å². The van der Waals surface area contributed by atoms with Crippen molar-refractivity contribution < 1.29 is 28.9 Å². The van der Waals surface area contributed by atoms with E-state index in [1.54, 1.807) is 26.8 Å². The van der Waals surface area contributed by atoms with Gasteiger partial charge in [-0.3, -0.25) is 0 Å². The van der Waals surface area contributed by atoms with Gasteiger partial charge in [0.15, 0.2) is 11.5 Å². The monoisotopic (exact) mass is 386 g/mol. The van der Waals surface area contributed by atoms with Crippen molar-refractivity contribution in [1.82, 2.24) is 0 Å². The maximum atomic E-state index is 11.9. The van der Waals surface area contributed by atoms with E-state index in [9.17, 15) is 14.7 Å². The second-order valence-electron chi connectivity index (χ2n) is 4.28. The van der Waals surface area contributed by atoms with Gasteiger partial charge in [-0.1, -0.05) is 0 Å². The van der Waals surface area contributed by atoms with Crippen molar-refractivity contribution in [3.05, 3.63) is 27.7 Å². The first-order valence-corrected chi connectivity index (χ1v) is 7.95. The molecule has 0 saturated heterocycles. The summed E-state index contributed by atoms with van der Waals surface area (Å²) < 4.78 is 15.4. The highest BCUT2D eigenvalue weighted by molar-refractivity contribution is 9.10. The van der Waals surface area contributed by atoms with Crippen molar-refractivity contribution in [3.8, 4) is 11.5 Å². The smallest absolute Gasteiger partial charge is 0.345 e. The summed E-state index contributed by atoms with van der Waals surface area (Å²) in [7, 11) is 0. The number of hydrogen-bond acceptors (Lipinski definition) is 6. The molecule has 0 aliphatic heterocycles. The fourth-order valence-electron chi connectivity index (χ4n) is 1.73. The molecule has 0 atom stereocenters. The number of hydrogen-bond donors (Lipinski definition) is 1. The standard InChI is InChI=1S/C16H19BrO6/c1-4-21-13-9-10(8-12(17)14(13)18)7-11(15(19)22-5-2)16(20)23-6-3/h7-9,18H,4-6H2,1-3H3. The van der Waals surface area contributed by atoms with Crippen molar-refractivity contribution in [2.45, 2.75) is 20.8 Å². The Labute approximate surface area is 143 Å². The van der Waals surface area contributed by atoms with Crippen LogP contribution in [0.15, 0.2) is 22.2 Å². The number of ether oxygens (including phenoxy) is 3. The predicted molar refractivity (Wildman–Crippen MR) is 88.2 cm³/mol. The number of halogens is 1. The van der Waals surface area contributed by atoms with Crippen LogP contribution in [0.3, 0.4) is 0 Å². The molecule has 126 valence electrons. The Morgan fingerprint density at radius 2 is 1.65 bits per heavy atom. The van der Waals surface area contributed by atoms with Gasteiger partial charge in [-0.25, -0.2) is 9.59 Å². The van der Waals surface area contributed by atoms with E-state index in [1.165, 1.54) is 12.1 Å². The van der Waals surface area contributed by atoms with Crippen molar-refractivity contribution in [3.63, 3.8) is 0 Å². The zero-order chi connectivity index (χ0) is 17.4. The molecule has 6 nitrogen and oxygen atoms in total. The number of aromatic hydroxyl groups is 1. The summed E-state index contributed by atoms with van der Waals surface area (Å²) >= 11 is 3.20. The molecule has 0 saturated carbocycles. The molecule has 23 heavy (non-hydrogen) atoms. The van der Waals surface area contributed by atoms with Crippen LogP contribution < -0.4 is 4.74 Å². The Kier molecular flexibility index (Phi) is 7.61. The minimum Gasteiger partial charge on any atom is -0.503 e. The summed E-state index contributed by atoms with van der Waals surface area (Å²) in [5.41, 5.74) is 0.253. The first-order chi connectivity index (χ1) is 10.9. The third-order valence-electron chi connectivity index (χ3n) is 2.65. The minimum absolute atomic E-state index is 0.0576. The lowest BCUT2D eigenvalue weighted by atomic mass is 10.1. The van der Waals surface area contributed by atoms with E-state index in [1.807, 2.05) is 0 Å². The predicted octanol–water partition coefficient (Wildman–Crippen LogP) is 3.06. The zero-order valence-corrected chi connectivity index (χ0v) is 14.8. The second-order valence-corrected chi connectivity index (χ2v) is 5.14. The summed E-state index contributed by atoms with van der Waals surface area (Å²) in [6, 6.07) is 3.07. The van der Waals surface area contributed by atoms with Crippen LogP contribution in [0.1, 0.15) is 26.3 Å². The molecule has 7 heteroatoms. The lowest BCUT2D eigenvalue weighted by molar-refractivity contribution is -0.146. The SMILES string of the molecule is CCOC(=O)C(=Cc1cc(Br)c(O)c(OCC)c1)C(=O)OCC. The quantitative estimate of drug-likeness (QED) is 0.335. The van der Waals surface area contributed by atoms with Crippen molar-refractivity contribution in [2.24, 2.45) is 0 Å². The lowest BCUT2D eigenvalue weighted by Crippen LogP contribution is -2.18. The molecule has 0 unspecified atom stereocenters. The third-order valence-corrected chi connectivity index (χ3v) is 3.26. The maximum absolute atomic E-state index is 11.9. The molecule has 0 radical (unpaired) electrons. The number of carbonyl (C=O) groups excluding carboxylic acids is 2. The number of phenols is 1. The third kappa shape index (κ3) is 5.28. The van der Waals surface area contributed by atoms with Gasteiger partial charge in [0, 0.05) is 0 Å². The van der Waals surface area contributed by atoms with E-state index in [0.717, 1.165) is 0 Å². The fraction of sp³-hybridized carbons (Fsp3) is 0.375. The van der Waals surface area contributed by atoms with Gasteiger partial charge >= 0.3 is 11.9 Å². The second kappa shape index (κ2) is 9.19. The Balaban J connectivity index is 3.29. The summed E-state index contributed by atoms with van der Waals surface area (Å²) in [5.74, 6) is -1.36. The van der Waals surface area contributed by atoms with Crippen LogP contribution in [0.25, 0.3) is 6.08 Å². The Bertz CT molecular complexity index is 589. The number of esters is 2. The minimum atomic E-state index is -0.770. The van der Waals surface area contributed by atoms with Gasteiger partial charge in [0.05, 0.1) is 24.3 Å². The molecule has 0 aromatic heterocycles. The molecule has 0 spiro atoms. The molecule has 0 fully saturated rings. The van der Waals surface area contributed by atoms with Crippen LogP contribution in [0, 0.1) is 0 Å². The van der Waals surface area contributed by atoms with E-state index in [-0.39, 0.29) is 30.3 Å². The molecular formula is C16H19BrO6. The number of rotatable bonds is 7. The Morgan fingerprint density at radius 3 is 2.13 bits per heavy atom. The molecule has 1 rings (SSSR count). The van der Waals surface area contributed by atoms with Crippen molar-refractivity contribution >= 4 is 33.9 Å². The van der Waals surface area contributed by atoms with Crippen LogP contribution in [0.4, 0.5) is 0 Å². The molecule has 1 N–H and O–H groups in total. The number of phenolic OH excluding ortho intramolecular Hbond substituents is 1. The molecule has 1 aromatic rings. The van der Waals surface area contributed by atoms with Crippen molar-refractivity contribution in [2.75, 3.05) is 19.8 Å². The largest absolute Gasteiger partial charge is 0.503 e. The zero-order valence-electron chi connectivity index (χ0n) is 13.2. The molecule has 1 aromatic carbocycles. The van der Waals surface area contributed by atoms with Gasteiger partial charge < -0.3 is 19.3 Å². The van der Waals surface area contributed by atoms with Crippen LogP contribution in [0.2, 0.25) is 0 Å². The maximum Gasteiger partial charge on any atom is 0.345 e. The van der Waals surface area contributed by atoms with Crippen molar-refractivity contribution in [1.29, 1.82) is 0 Å². The summed E-state index contributed by atoms with van der Waals surface area (Å²) in [5, 5.41) is 9.90. The Hall–Kier alpha value is -2.02. The molecule has 0 bridgehead atoms. The molecule has 0 aliphatic carbocycles. The van der Waals surface area contributed by atoms with Crippen LogP contribution in [0.5, 0.6) is 11.5 Å². The Morgan fingerprint density at radius 1 is 1.09 bits per heavy atom. The van der Waals surface area contributed by atoms with E-state index < -0.39 is 11.9 Å². The van der Waals surface area contributed by atoms with Crippen LogP contribution >= 0.6 is 15.9 Å². The summed E-state index contributed by atoms with van der Waals surface area (Å²) in [4.78, 5) is 23.9. The fourth-order valence-corrected chi connectivity index (χ4v) is 2.19. The van der Waals surface area contributed by atoms with E-state index in [0.29, 0.717) is 16.6 Å². The summed E-state index contributed by atoms with van der Waals surface area (Å²) in [6.07, 6.45) is 1.34. The van der Waals surface area contributed by atoms with E-state index >= 15 is 0 Å². The van der Waals surface area contributed by atoms with E-state index in [4.69, 9.17) is 14.2 Å².